The zero-order valence-electron chi connectivity index (χ0n) is 23.9. The van der Waals surface area contributed by atoms with Gasteiger partial charge in [0.05, 0.1) is 23.2 Å². The molecule has 0 bridgehead atoms. The Morgan fingerprint density at radius 2 is 1.86 bits per heavy atom. The van der Waals surface area contributed by atoms with Gasteiger partial charge in [-0.15, -0.1) is 11.3 Å². The average molecular weight is 623 g/mol. The molecule has 0 spiro atoms. The van der Waals surface area contributed by atoms with Crippen molar-refractivity contribution < 1.29 is 26.4 Å². The number of sulfonamides is 1. The standard InChI is InChI=1S/C31H28F2N4O4S2/c1-17-7-9-18(10-8-17)27-26(29(38)34-2)21-15-20(23(16-24(21)41-27)37(3)43(4,39)40)22-14-19(11-13-35-22)30-36-28-25(42-30)6-5-12-31(28,32)33/h7-11,13-16H,5-6,12H2,1-4H3,(H,34,38). The summed E-state index contributed by atoms with van der Waals surface area (Å²) in [5.74, 6) is -3.00. The highest BCUT2D eigenvalue weighted by Gasteiger charge is 2.40. The number of carbonyl (C=O) groups is 1. The molecule has 1 aliphatic rings. The molecule has 0 aliphatic heterocycles. The number of fused-ring (bicyclic) bond motifs is 2. The Morgan fingerprint density at radius 1 is 1.12 bits per heavy atom. The maximum Gasteiger partial charge on any atom is 0.290 e. The van der Waals surface area contributed by atoms with Crippen LogP contribution >= 0.6 is 11.3 Å². The molecule has 8 nitrogen and oxygen atoms in total. The smallest absolute Gasteiger partial charge is 0.290 e. The van der Waals surface area contributed by atoms with Crippen LogP contribution in [0, 0.1) is 6.92 Å². The van der Waals surface area contributed by atoms with Gasteiger partial charge < -0.3 is 9.73 Å². The van der Waals surface area contributed by atoms with Gasteiger partial charge in [-0.05, 0) is 38.0 Å². The quantitative estimate of drug-likeness (QED) is 0.224. The van der Waals surface area contributed by atoms with Gasteiger partial charge in [-0.3, -0.25) is 14.1 Å². The largest absolute Gasteiger partial charge is 0.455 e. The van der Waals surface area contributed by atoms with Gasteiger partial charge in [0.15, 0.2) is 0 Å². The van der Waals surface area contributed by atoms with Gasteiger partial charge in [-0.25, -0.2) is 13.4 Å². The van der Waals surface area contributed by atoms with Crippen molar-refractivity contribution in [1.29, 1.82) is 0 Å². The van der Waals surface area contributed by atoms with Crippen LogP contribution in [0.15, 0.2) is 59.1 Å². The van der Waals surface area contributed by atoms with Crippen molar-refractivity contribution in [2.24, 2.45) is 0 Å². The van der Waals surface area contributed by atoms with Crippen LogP contribution in [0.2, 0.25) is 0 Å². The number of pyridine rings is 1. The van der Waals surface area contributed by atoms with E-state index in [0.717, 1.165) is 16.1 Å². The lowest BCUT2D eigenvalue weighted by Gasteiger charge is -2.20. The summed E-state index contributed by atoms with van der Waals surface area (Å²) in [6.07, 6.45) is 3.33. The molecule has 6 rings (SSSR count). The lowest BCUT2D eigenvalue weighted by atomic mass is 9.99. The Morgan fingerprint density at radius 3 is 2.53 bits per heavy atom. The number of hydrogen-bond donors (Lipinski definition) is 1. The number of aromatic nitrogens is 2. The molecular weight excluding hydrogens is 594 g/mol. The molecule has 3 heterocycles. The highest BCUT2D eigenvalue weighted by molar-refractivity contribution is 7.92. The summed E-state index contributed by atoms with van der Waals surface area (Å²) >= 11 is 1.23. The second kappa shape index (κ2) is 10.5. The van der Waals surface area contributed by atoms with Gasteiger partial charge in [-0.2, -0.15) is 8.78 Å². The van der Waals surface area contributed by atoms with Gasteiger partial charge >= 0.3 is 0 Å². The van der Waals surface area contributed by atoms with Crippen molar-refractivity contribution in [3.8, 4) is 33.2 Å². The number of halogens is 2. The van der Waals surface area contributed by atoms with Gasteiger partial charge in [-0.1, -0.05) is 29.8 Å². The molecule has 3 aromatic heterocycles. The Bertz CT molecular complexity index is 2000. The van der Waals surface area contributed by atoms with E-state index in [2.05, 4.69) is 15.3 Å². The summed E-state index contributed by atoms with van der Waals surface area (Å²) in [7, 11) is -0.779. The van der Waals surface area contributed by atoms with E-state index in [0.29, 0.717) is 67.4 Å². The lowest BCUT2D eigenvalue weighted by molar-refractivity contribution is -0.0251. The zero-order valence-corrected chi connectivity index (χ0v) is 25.5. The summed E-state index contributed by atoms with van der Waals surface area (Å²) in [6, 6.07) is 14.2. The molecular formula is C31H28F2N4O4S2. The number of amides is 1. The summed E-state index contributed by atoms with van der Waals surface area (Å²) in [5, 5.41) is 3.57. The molecule has 0 atom stereocenters. The van der Waals surface area contributed by atoms with Crippen LogP contribution in [0.25, 0.3) is 44.1 Å². The molecule has 0 saturated heterocycles. The number of hydrogen-bond acceptors (Lipinski definition) is 7. The van der Waals surface area contributed by atoms with E-state index in [1.54, 1.807) is 24.3 Å². The second-order valence-corrected chi connectivity index (χ2v) is 13.7. The van der Waals surface area contributed by atoms with Crippen molar-refractivity contribution in [2.45, 2.75) is 32.1 Å². The van der Waals surface area contributed by atoms with Crippen molar-refractivity contribution in [1.82, 2.24) is 15.3 Å². The van der Waals surface area contributed by atoms with Crippen LogP contribution in [0.4, 0.5) is 14.5 Å². The van der Waals surface area contributed by atoms with E-state index in [4.69, 9.17) is 4.42 Å². The number of furan rings is 1. The third-order valence-corrected chi connectivity index (χ3v) is 9.99. The maximum absolute atomic E-state index is 14.6. The van der Waals surface area contributed by atoms with Crippen molar-refractivity contribution in [3.05, 3.63) is 76.4 Å². The minimum absolute atomic E-state index is 0.173. The molecule has 0 unspecified atom stereocenters. The van der Waals surface area contributed by atoms with E-state index in [9.17, 15) is 22.0 Å². The highest BCUT2D eigenvalue weighted by atomic mass is 32.2. The van der Waals surface area contributed by atoms with E-state index in [-0.39, 0.29) is 23.7 Å². The Kier molecular flexibility index (Phi) is 7.09. The van der Waals surface area contributed by atoms with Crippen molar-refractivity contribution in [3.63, 3.8) is 0 Å². The molecule has 43 heavy (non-hydrogen) atoms. The van der Waals surface area contributed by atoms with Crippen molar-refractivity contribution in [2.75, 3.05) is 24.7 Å². The van der Waals surface area contributed by atoms with Crippen LogP contribution in [0.1, 0.15) is 39.3 Å². The first-order valence-electron chi connectivity index (χ1n) is 13.6. The minimum atomic E-state index is -3.72. The first-order valence-corrected chi connectivity index (χ1v) is 16.2. The number of thiazole rings is 1. The maximum atomic E-state index is 14.6. The normalized spacial score (nSPS) is 14.5. The number of aryl methyl sites for hydroxylation is 2. The third-order valence-electron chi connectivity index (χ3n) is 7.63. The van der Waals surface area contributed by atoms with Crippen molar-refractivity contribution >= 4 is 43.9 Å². The first kappa shape index (κ1) is 28.9. The van der Waals surface area contributed by atoms with Crippen LogP contribution in [-0.2, 0) is 22.4 Å². The molecule has 1 amide bonds. The van der Waals surface area contributed by atoms with Gasteiger partial charge in [0.1, 0.15) is 22.0 Å². The summed E-state index contributed by atoms with van der Waals surface area (Å²) in [4.78, 5) is 22.6. The predicted octanol–water partition coefficient (Wildman–Crippen LogP) is 6.78. The molecule has 5 aromatic rings. The van der Waals surface area contributed by atoms with Gasteiger partial charge in [0.2, 0.25) is 10.0 Å². The second-order valence-electron chi connectivity index (χ2n) is 10.6. The molecule has 1 N–H and O–H groups in total. The zero-order chi connectivity index (χ0) is 30.7. The van der Waals surface area contributed by atoms with Crippen LogP contribution in [0.3, 0.4) is 0 Å². The Hall–Kier alpha value is -4.16. The van der Waals surface area contributed by atoms with Crippen LogP contribution in [0.5, 0.6) is 0 Å². The molecule has 222 valence electrons. The molecule has 0 fully saturated rings. The predicted molar refractivity (Wildman–Crippen MR) is 164 cm³/mol. The number of alkyl halides is 2. The van der Waals surface area contributed by atoms with Crippen LogP contribution < -0.4 is 9.62 Å². The summed E-state index contributed by atoms with van der Waals surface area (Å²) in [5.41, 5.74) is 3.80. The van der Waals surface area contributed by atoms with Crippen LogP contribution in [-0.4, -0.2) is 44.6 Å². The molecule has 1 aliphatic carbocycles. The number of benzene rings is 2. The summed E-state index contributed by atoms with van der Waals surface area (Å²) in [6.45, 7) is 1.95. The molecule has 0 radical (unpaired) electrons. The number of rotatable bonds is 6. The topological polar surface area (TPSA) is 105 Å². The lowest BCUT2D eigenvalue weighted by Crippen LogP contribution is -2.25. The highest BCUT2D eigenvalue weighted by Crippen LogP contribution is 2.45. The molecule has 12 heteroatoms. The monoisotopic (exact) mass is 622 g/mol. The van der Waals surface area contributed by atoms with E-state index < -0.39 is 15.9 Å². The Balaban J connectivity index is 1.58. The van der Waals surface area contributed by atoms with E-state index in [1.807, 2.05) is 31.2 Å². The number of nitrogens with zero attached hydrogens (tertiary/aromatic N) is 3. The summed E-state index contributed by atoms with van der Waals surface area (Å²) < 4.78 is 61.9. The minimum Gasteiger partial charge on any atom is -0.455 e. The number of nitrogens with one attached hydrogen (secondary N) is 1. The molecule has 0 saturated carbocycles. The fraction of sp³-hybridized carbons (Fsp3) is 0.258. The van der Waals surface area contributed by atoms with Gasteiger partial charge in [0, 0.05) is 59.7 Å². The van der Waals surface area contributed by atoms with Gasteiger partial charge in [0.25, 0.3) is 11.8 Å². The number of carbonyl (C=O) groups excluding carboxylic acids is 1. The van der Waals surface area contributed by atoms with E-state index >= 15 is 0 Å². The average Bonchev–Trinajstić information content (AvgIpc) is 3.58. The SMILES string of the molecule is CNC(=O)c1c(-c2ccc(C)cc2)oc2cc(N(C)S(C)(=O)=O)c(-c3cc(-c4nc5c(s4)CCCC5(F)F)ccn3)cc12. The number of anilines is 1. The third kappa shape index (κ3) is 5.18. The fourth-order valence-electron chi connectivity index (χ4n) is 5.27. The first-order chi connectivity index (χ1) is 20.4. The molecule has 2 aromatic carbocycles. The Labute approximate surface area is 251 Å². The van der Waals surface area contributed by atoms with E-state index in [1.165, 1.54) is 31.6 Å². The fourth-order valence-corrected chi connectivity index (χ4v) is 6.93.